The second-order valence-corrected chi connectivity index (χ2v) is 0. The van der Waals surface area contributed by atoms with Gasteiger partial charge in [-0.1, -0.05) is 0 Å². The van der Waals surface area contributed by atoms with Crippen LogP contribution in [-0.4, -0.2) is 12.2 Å². The molecule has 1 N–H and O–H groups in total. The van der Waals surface area contributed by atoms with E-state index in [4.69, 9.17) is 5.11 Å². The van der Waals surface area contributed by atoms with Gasteiger partial charge < -0.3 is 54.7 Å². The van der Waals surface area contributed by atoms with Gasteiger partial charge in [0.2, 0.25) is 0 Å². The number of rotatable bonds is 0. The fourth-order valence-corrected chi connectivity index (χ4v) is 0. The minimum atomic E-state index is 0. The Morgan fingerprint density at radius 2 is 0.750 bits per heavy atom. The Morgan fingerprint density at radius 3 is 0.750 bits per heavy atom. The van der Waals surface area contributed by atoms with Crippen LogP contribution < -0.4 is 49.6 Å². The predicted octanol–water partition coefficient (Wildman–Crippen LogP) is -12.4. The Labute approximate surface area is 108 Å². The average molecular weight is 313 g/mol. The first kappa shape index (κ1) is 73.2. The standard InChI is InChI=1S/CH4O.4ClH.Ti.Zr/c1-2;;;;;;/h2H,1H3;4*1H;;/q;;;;;;+2/p-4. The maximum atomic E-state index is 7.00. The molecule has 52 valence electrons. The van der Waals surface area contributed by atoms with Crippen molar-refractivity contribution in [1.82, 2.24) is 0 Å². The molecule has 0 saturated heterocycles. The molecule has 1 nitrogen and oxygen atoms in total. The number of halogens is 4. The second kappa shape index (κ2) is 100. The summed E-state index contributed by atoms with van der Waals surface area (Å²) >= 11 is 0. The number of hydrogen-bond acceptors (Lipinski definition) is 1. The van der Waals surface area contributed by atoms with E-state index in [9.17, 15) is 0 Å². The molecule has 0 radical (unpaired) electrons. The van der Waals surface area contributed by atoms with Crippen LogP contribution in [0.2, 0.25) is 0 Å². The number of aliphatic hydroxyl groups excluding tert-OH is 1. The van der Waals surface area contributed by atoms with Gasteiger partial charge in [0.25, 0.3) is 0 Å². The molecule has 0 saturated carbocycles. The van der Waals surface area contributed by atoms with Crippen LogP contribution in [0.5, 0.6) is 0 Å². The molecule has 0 spiro atoms. The molecule has 0 atom stereocenters. The van der Waals surface area contributed by atoms with Gasteiger partial charge in [0.15, 0.2) is 0 Å². The van der Waals surface area contributed by atoms with Gasteiger partial charge in [-0.3, -0.25) is 0 Å². The van der Waals surface area contributed by atoms with Crippen LogP contribution in [0.1, 0.15) is 0 Å². The third-order valence-electron chi connectivity index (χ3n) is 0. The molecular formula is CH4Cl4OTiZr-2. The Balaban J connectivity index is -0.000000000333. The van der Waals surface area contributed by atoms with Gasteiger partial charge in [-0.25, -0.2) is 0 Å². The first-order chi connectivity index (χ1) is 1.00. The molecule has 0 unspecified atom stereocenters. The van der Waals surface area contributed by atoms with Crippen LogP contribution in [0.25, 0.3) is 0 Å². The SMILES string of the molecule is CO.[Cl-].[Cl-].[Cl-].[Cl-].[Ti].[Zr+2]. The normalized spacial score (nSPS) is 0.750. The Hall–Kier alpha value is 2.72. The zero-order valence-electron chi connectivity index (χ0n) is 3.96. The Kier molecular flexibility index (Phi) is 915. The molecular weight excluding hydrogens is 309 g/mol. The van der Waals surface area contributed by atoms with Crippen molar-refractivity contribution in [2.75, 3.05) is 7.11 Å². The minimum absolute atomic E-state index is 0. The summed E-state index contributed by atoms with van der Waals surface area (Å²) in [5.41, 5.74) is 0. The van der Waals surface area contributed by atoms with E-state index in [2.05, 4.69) is 0 Å². The molecule has 0 amide bonds. The van der Waals surface area contributed by atoms with Gasteiger partial charge >= 0.3 is 26.2 Å². The molecule has 0 heterocycles. The molecule has 7 heteroatoms. The topological polar surface area (TPSA) is 20.2 Å². The van der Waals surface area contributed by atoms with E-state index < -0.39 is 0 Å². The zero-order valence-corrected chi connectivity index (χ0v) is 11.0. The van der Waals surface area contributed by atoms with Gasteiger partial charge in [0, 0.05) is 28.8 Å². The first-order valence-corrected chi connectivity index (χ1v) is 0.447. The van der Waals surface area contributed by atoms with Gasteiger partial charge in [-0.05, 0) is 0 Å². The predicted molar refractivity (Wildman–Crippen MR) is 8.14 cm³/mol. The number of aliphatic hydroxyl groups is 1. The van der Waals surface area contributed by atoms with Crippen molar-refractivity contribution in [3.63, 3.8) is 0 Å². The monoisotopic (exact) mass is 310 g/mol. The quantitative estimate of drug-likeness (QED) is 0.441. The Morgan fingerprint density at radius 1 is 0.750 bits per heavy atom. The fourth-order valence-electron chi connectivity index (χ4n) is 0. The van der Waals surface area contributed by atoms with Crippen molar-refractivity contribution in [3.8, 4) is 0 Å². The third kappa shape index (κ3) is 70.3. The summed E-state index contributed by atoms with van der Waals surface area (Å²) in [6, 6.07) is 0. The van der Waals surface area contributed by atoms with Crippen molar-refractivity contribution in [2.45, 2.75) is 0 Å². The second-order valence-electron chi connectivity index (χ2n) is 0. The summed E-state index contributed by atoms with van der Waals surface area (Å²) in [5.74, 6) is 0. The molecule has 0 aliphatic carbocycles. The average Bonchev–Trinajstić information content (AvgIpc) is 1.00. The summed E-state index contributed by atoms with van der Waals surface area (Å²) in [5, 5.41) is 7.00. The van der Waals surface area contributed by atoms with Crippen molar-refractivity contribution < 1.29 is 103 Å². The number of hydrogen-bond donors (Lipinski definition) is 1. The van der Waals surface area contributed by atoms with E-state index >= 15 is 0 Å². The summed E-state index contributed by atoms with van der Waals surface area (Å²) < 4.78 is 0. The molecule has 0 bridgehead atoms. The van der Waals surface area contributed by atoms with Gasteiger partial charge in [0.1, 0.15) is 0 Å². The van der Waals surface area contributed by atoms with Crippen LogP contribution in [-0.2, 0) is 47.9 Å². The molecule has 0 aromatic heterocycles. The Bertz CT molecular complexity index is 16.0. The molecule has 0 fully saturated rings. The molecule has 8 heavy (non-hydrogen) atoms. The van der Waals surface area contributed by atoms with Crippen LogP contribution in [0.15, 0.2) is 0 Å². The van der Waals surface area contributed by atoms with Crippen LogP contribution in [0.4, 0.5) is 0 Å². The van der Waals surface area contributed by atoms with Gasteiger partial charge in [-0.2, -0.15) is 0 Å². The van der Waals surface area contributed by atoms with E-state index in [1.807, 2.05) is 0 Å². The summed E-state index contributed by atoms with van der Waals surface area (Å²) in [6.07, 6.45) is 0. The van der Waals surface area contributed by atoms with Crippen LogP contribution in [0, 0.1) is 0 Å². The van der Waals surface area contributed by atoms with E-state index in [1.165, 1.54) is 0 Å². The molecule has 0 aliphatic heterocycles. The molecule has 0 aromatic rings. The largest absolute Gasteiger partial charge is 2.00 e. The molecule has 0 aliphatic rings. The van der Waals surface area contributed by atoms with E-state index in [1.54, 1.807) is 0 Å². The van der Waals surface area contributed by atoms with Crippen molar-refractivity contribution in [2.24, 2.45) is 0 Å². The first-order valence-electron chi connectivity index (χ1n) is 0.447. The summed E-state index contributed by atoms with van der Waals surface area (Å²) in [4.78, 5) is 0. The third-order valence-corrected chi connectivity index (χ3v) is 0. The van der Waals surface area contributed by atoms with Gasteiger partial charge in [0.05, 0.1) is 0 Å². The maximum absolute atomic E-state index is 7.00. The summed E-state index contributed by atoms with van der Waals surface area (Å²) in [6.45, 7) is 0. The van der Waals surface area contributed by atoms with Crippen LogP contribution >= 0.6 is 0 Å². The van der Waals surface area contributed by atoms with E-state index in [-0.39, 0.29) is 97.5 Å². The van der Waals surface area contributed by atoms with Crippen LogP contribution in [0.3, 0.4) is 0 Å². The van der Waals surface area contributed by atoms with Crippen molar-refractivity contribution >= 4 is 0 Å². The molecule has 0 rings (SSSR count). The summed E-state index contributed by atoms with van der Waals surface area (Å²) in [7, 11) is 1.00. The van der Waals surface area contributed by atoms with Crippen molar-refractivity contribution in [3.05, 3.63) is 0 Å². The maximum Gasteiger partial charge on any atom is 2.00 e. The smallest absolute Gasteiger partial charge is 1.00 e. The van der Waals surface area contributed by atoms with Crippen molar-refractivity contribution in [1.29, 1.82) is 0 Å². The van der Waals surface area contributed by atoms with E-state index in [0.29, 0.717) is 0 Å². The minimum Gasteiger partial charge on any atom is -1.00 e. The molecule has 0 aromatic carbocycles. The van der Waals surface area contributed by atoms with Gasteiger partial charge in [-0.15, -0.1) is 0 Å². The zero-order chi connectivity index (χ0) is 2.00. The fraction of sp³-hybridized carbons (Fsp3) is 1.00. The van der Waals surface area contributed by atoms with E-state index in [0.717, 1.165) is 7.11 Å².